The Morgan fingerprint density at radius 2 is 2.05 bits per heavy atom. The third kappa shape index (κ3) is 3.15. The summed E-state index contributed by atoms with van der Waals surface area (Å²) in [5, 5.41) is 7.63. The van der Waals surface area contributed by atoms with Gasteiger partial charge in [-0.15, -0.1) is 10.2 Å². The van der Waals surface area contributed by atoms with E-state index in [1.165, 1.54) is 17.6 Å². The van der Waals surface area contributed by atoms with Gasteiger partial charge in [-0.2, -0.15) is 0 Å². The van der Waals surface area contributed by atoms with Crippen LogP contribution in [0.5, 0.6) is 0 Å². The average Bonchev–Trinajstić information content (AvgIpc) is 2.80. The Kier molecular flexibility index (Phi) is 4.26. The van der Waals surface area contributed by atoms with Crippen molar-refractivity contribution < 1.29 is 8.42 Å². The summed E-state index contributed by atoms with van der Waals surface area (Å²) in [7, 11) is -3.85. The number of anilines is 1. The molecule has 10 heteroatoms. The number of hydrogen-bond donors (Lipinski definition) is 2. The van der Waals surface area contributed by atoms with Crippen molar-refractivity contribution in [2.24, 2.45) is 5.73 Å². The van der Waals surface area contributed by atoms with Crippen LogP contribution in [0.1, 0.15) is 5.56 Å². The summed E-state index contributed by atoms with van der Waals surface area (Å²) in [4.78, 5) is -0.103. The third-order valence-electron chi connectivity index (χ3n) is 2.19. The van der Waals surface area contributed by atoms with Gasteiger partial charge in [0.25, 0.3) is 10.0 Å². The van der Waals surface area contributed by atoms with Crippen LogP contribution in [0.2, 0.25) is 10.0 Å². The number of nitrogens with one attached hydrogen (secondary N) is 1. The van der Waals surface area contributed by atoms with Crippen molar-refractivity contribution in [3.05, 3.63) is 33.3 Å². The number of nitrogens with two attached hydrogens (primary N) is 1. The zero-order chi connectivity index (χ0) is 14.0. The fourth-order valence-corrected chi connectivity index (χ4v) is 3.89. The van der Waals surface area contributed by atoms with Crippen molar-refractivity contribution >= 4 is 49.7 Å². The molecule has 0 atom stereocenters. The highest BCUT2D eigenvalue weighted by atomic mass is 35.5. The third-order valence-corrected chi connectivity index (χ3v) is 5.08. The first kappa shape index (κ1) is 14.5. The van der Waals surface area contributed by atoms with Crippen LogP contribution in [0.4, 0.5) is 5.13 Å². The van der Waals surface area contributed by atoms with Gasteiger partial charge in [-0.05, 0) is 17.7 Å². The minimum Gasteiger partial charge on any atom is -0.326 e. The molecule has 0 saturated carbocycles. The summed E-state index contributed by atoms with van der Waals surface area (Å²) in [5.41, 5.74) is 7.38. The number of sulfonamides is 1. The van der Waals surface area contributed by atoms with E-state index in [2.05, 4.69) is 14.9 Å². The number of hydrogen-bond acceptors (Lipinski definition) is 6. The molecule has 6 nitrogen and oxygen atoms in total. The molecule has 0 aliphatic rings. The molecular weight excluding hydrogens is 331 g/mol. The molecule has 0 saturated heterocycles. The summed E-state index contributed by atoms with van der Waals surface area (Å²) in [6.07, 6.45) is 0. The predicted molar refractivity (Wildman–Crippen MR) is 75.1 cm³/mol. The molecule has 2 aromatic rings. The first-order valence-corrected chi connectivity index (χ1v) is 8.03. The van der Waals surface area contributed by atoms with Crippen LogP contribution >= 0.6 is 34.5 Å². The second-order valence-corrected chi connectivity index (χ2v) is 6.73. The molecule has 19 heavy (non-hydrogen) atoms. The second kappa shape index (κ2) is 5.59. The molecule has 0 spiro atoms. The predicted octanol–water partition coefficient (Wildman–Crippen LogP) is 2.10. The van der Waals surface area contributed by atoms with Crippen molar-refractivity contribution in [2.45, 2.75) is 11.4 Å². The molecule has 0 aliphatic carbocycles. The van der Waals surface area contributed by atoms with E-state index in [0.717, 1.165) is 11.3 Å². The lowest BCUT2D eigenvalue weighted by molar-refractivity contribution is 0.601. The lowest BCUT2D eigenvalue weighted by Gasteiger charge is -2.09. The van der Waals surface area contributed by atoms with Gasteiger partial charge in [0.05, 0.1) is 5.02 Å². The quantitative estimate of drug-likeness (QED) is 0.889. The fourth-order valence-electron chi connectivity index (χ4n) is 1.32. The molecule has 0 bridgehead atoms. The lowest BCUT2D eigenvalue weighted by atomic mass is 10.2. The van der Waals surface area contributed by atoms with Crippen LogP contribution in [0, 0.1) is 0 Å². The van der Waals surface area contributed by atoms with Crippen LogP contribution in [0.3, 0.4) is 0 Å². The van der Waals surface area contributed by atoms with Crippen LogP contribution < -0.4 is 10.5 Å². The van der Waals surface area contributed by atoms with Crippen LogP contribution in [0.15, 0.2) is 22.5 Å². The summed E-state index contributed by atoms with van der Waals surface area (Å²) >= 11 is 12.9. The highest BCUT2D eigenvalue weighted by molar-refractivity contribution is 7.93. The maximum absolute atomic E-state index is 12.2. The monoisotopic (exact) mass is 338 g/mol. The molecule has 0 amide bonds. The van der Waals surface area contributed by atoms with Crippen molar-refractivity contribution in [3.8, 4) is 0 Å². The van der Waals surface area contributed by atoms with Gasteiger partial charge in [0.1, 0.15) is 10.4 Å². The Balaban J connectivity index is 2.45. The van der Waals surface area contributed by atoms with Crippen molar-refractivity contribution in [2.75, 3.05) is 4.72 Å². The maximum atomic E-state index is 12.2. The largest absolute Gasteiger partial charge is 0.326 e. The van der Waals surface area contributed by atoms with Gasteiger partial charge >= 0.3 is 0 Å². The van der Waals surface area contributed by atoms with Gasteiger partial charge in [-0.25, -0.2) is 8.42 Å². The Morgan fingerprint density at radius 3 is 2.63 bits per heavy atom. The standard InChI is InChI=1S/C9H8Cl2N4O2S2/c10-6-2-7(11)8(1-5(6)3-12)19(16,17)15-9-14-13-4-18-9/h1-2,4H,3,12H2,(H,14,15). The molecule has 102 valence electrons. The Labute approximate surface area is 123 Å². The highest BCUT2D eigenvalue weighted by Crippen LogP contribution is 2.29. The van der Waals surface area contributed by atoms with Crippen molar-refractivity contribution in [1.29, 1.82) is 0 Å². The van der Waals surface area contributed by atoms with E-state index >= 15 is 0 Å². The molecule has 1 aromatic heterocycles. The van der Waals surface area contributed by atoms with Gasteiger partial charge in [0, 0.05) is 11.6 Å². The van der Waals surface area contributed by atoms with Gasteiger partial charge in [-0.1, -0.05) is 34.5 Å². The van der Waals surface area contributed by atoms with Crippen LogP contribution in [-0.4, -0.2) is 18.6 Å². The maximum Gasteiger partial charge on any atom is 0.265 e. The zero-order valence-electron chi connectivity index (χ0n) is 9.30. The molecule has 1 aromatic carbocycles. The molecule has 0 radical (unpaired) electrons. The normalized spacial score (nSPS) is 11.5. The van der Waals surface area contributed by atoms with Crippen LogP contribution in [-0.2, 0) is 16.6 Å². The van der Waals surface area contributed by atoms with Gasteiger partial charge in [-0.3, -0.25) is 4.72 Å². The zero-order valence-corrected chi connectivity index (χ0v) is 12.4. The topological polar surface area (TPSA) is 98.0 Å². The smallest absolute Gasteiger partial charge is 0.265 e. The van der Waals surface area contributed by atoms with Crippen molar-refractivity contribution in [1.82, 2.24) is 10.2 Å². The van der Waals surface area contributed by atoms with E-state index in [9.17, 15) is 8.42 Å². The number of aromatic nitrogens is 2. The van der Waals surface area contributed by atoms with Gasteiger partial charge in [0.2, 0.25) is 5.13 Å². The highest BCUT2D eigenvalue weighted by Gasteiger charge is 2.21. The fraction of sp³-hybridized carbons (Fsp3) is 0.111. The minimum absolute atomic E-state index is 0.0132. The summed E-state index contributed by atoms with van der Waals surface area (Å²) in [6, 6.07) is 2.69. The van der Waals surface area contributed by atoms with Gasteiger partial charge in [0.15, 0.2) is 0 Å². The Morgan fingerprint density at radius 1 is 1.32 bits per heavy atom. The molecule has 0 unspecified atom stereocenters. The van der Waals surface area contributed by atoms with Gasteiger partial charge < -0.3 is 5.73 Å². The lowest BCUT2D eigenvalue weighted by Crippen LogP contribution is -2.14. The molecular formula is C9H8Cl2N4O2S2. The van der Waals surface area contributed by atoms with E-state index in [-0.39, 0.29) is 21.6 Å². The second-order valence-electron chi connectivity index (χ2n) is 3.43. The number of rotatable bonds is 4. The van der Waals surface area contributed by atoms with E-state index in [1.54, 1.807) is 0 Å². The number of nitrogens with zero attached hydrogens (tertiary/aromatic N) is 2. The molecule has 3 N–H and O–H groups in total. The summed E-state index contributed by atoms with van der Waals surface area (Å²) in [6.45, 7) is 0.108. The average molecular weight is 339 g/mol. The van der Waals surface area contributed by atoms with E-state index in [0.29, 0.717) is 10.6 Å². The van der Waals surface area contributed by atoms with E-state index in [4.69, 9.17) is 28.9 Å². The number of benzene rings is 1. The molecule has 2 rings (SSSR count). The molecule has 0 fully saturated rings. The molecule has 1 heterocycles. The number of halogens is 2. The first-order chi connectivity index (χ1) is 8.94. The first-order valence-electron chi connectivity index (χ1n) is 4.91. The summed E-state index contributed by atoms with van der Waals surface area (Å²) in [5.74, 6) is 0. The SMILES string of the molecule is NCc1cc(S(=O)(=O)Nc2nncs2)c(Cl)cc1Cl. The van der Waals surface area contributed by atoms with Crippen molar-refractivity contribution in [3.63, 3.8) is 0 Å². The minimum atomic E-state index is -3.85. The van der Waals surface area contributed by atoms with Crippen LogP contribution in [0.25, 0.3) is 0 Å². The van der Waals surface area contributed by atoms with E-state index in [1.807, 2.05) is 0 Å². The summed E-state index contributed by atoms with van der Waals surface area (Å²) < 4.78 is 26.6. The van der Waals surface area contributed by atoms with E-state index < -0.39 is 10.0 Å². The Bertz CT molecular complexity index is 688. The Hall–Kier alpha value is -0.930. The molecule has 0 aliphatic heterocycles.